The molecule has 0 saturated carbocycles. The van der Waals surface area contributed by atoms with Crippen molar-refractivity contribution >= 4 is 49.3 Å². The first-order valence-corrected chi connectivity index (χ1v) is 0. The Balaban J connectivity index is 0. The van der Waals surface area contributed by atoms with Crippen molar-refractivity contribution in [1.82, 2.24) is 0 Å². The Morgan fingerprint density at radius 1 is 1.00 bits per heavy atom. The zero-order valence-corrected chi connectivity index (χ0v) is 10.5. The first-order chi connectivity index (χ1) is 0. The summed E-state index contributed by atoms with van der Waals surface area (Å²) in [6.45, 7) is 0. The Morgan fingerprint density at radius 2 is 1.00 bits per heavy atom. The van der Waals surface area contributed by atoms with E-state index < -0.39 is 0 Å². The molecule has 0 saturated heterocycles. The van der Waals surface area contributed by atoms with E-state index in [1.54, 1.807) is 0 Å². The molecular formula is BiHfMgO+7. The average molecular weight is 428 g/mol. The second-order valence-electron chi connectivity index (χ2n) is 0. The Bertz CT molecular complexity index is 8.00. The largest absolute Gasteiger partial charge is 4.00 e. The van der Waals surface area contributed by atoms with Gasteiger partial charge in [0.25, 0.3) is 0 Å². The smallest absolute Gasteiger partial charge is 2.00 e. The van der Waals surface area contributed by atoms with Crippen LogP contribution in [0.15, 0.2) is 0 Å². The van der Waals surface area contributed by atoms with E-state index in [9.17, 15) is 0 Å². The first kappa shape index (κ1) is 31.6. The minimum Gasteiger partial charge on any atom is -2.00 e. The topological polar surface area (TPSA) is 28.5 Å². The minimum atomic E-state index is 0. The van der Waals surface area contributed by atoms with Crippen molar-refractivity contribution in [3.63, 3.8) is 0 Å². The summed E-state index contributed by atoms with van der Waals surface area (Å²) in [6.07, 6.45) is 0. The van der Waals surface area contributed by atoms with Crippen LogP contribution in [0.25, 0.3) is 0 Å². The van der Waals surface area contributed by atoms with E-state index in [2.05, 4.69) is 0 Å². The molecule has 1 nitrogen and oxygen atoms in total. The Morgan fingerprint density at radius 3 is 1.00 bits per heavy atom. The molecule has 0 N–H and O–H groups in total. The maximum atomic E-state index is 0. The average Bonchev–Trinajstić information content (AvgIpc) is 0. The molecule has 0 aliphatic rings. The van der Waals surface area contributed by atoms with Crippen LogP contribution in [0.3, 0.4) is 0 Å². The third kappa shape index (κ3) is 8.82. The molecule has 0 aromatic rings. The van der Waals surface area contributed by atoms with Gasteiger partial charge in [0.15, 0.2) is 0 Å². The summed E-state index contributed by atoms with van der Waals surface area (Å²) >= 11 is 0. The van der Waals surface area contributed by atoms with Crippen LogP contribution in [0.2, 0.25) is 0 Å². The maximum absolute atomic E-state index is 0. The van der Waals surface area contributed by atoms with E-state index in [-0.39, 0.29) is 80.6 Å². The van der Waals surface area contributed by atoms with E-state index in [0.717, 1.165) is 0 Å². The molecule has 0 aromatic carbocycles. The van der Waals surface area contributed by atoms with Crippen molar-refractivity contribution in [1.29, 1.82) is 0 Å². The summed E-state index contributed by atoms with van der Waals surface area (Å²) in [6, 6.07) is 0. The molecule has 4 heteroatoms. The van der Waals surface area contributed by atoms with Crippen LogP contribution in [0, 0.1) is 0 Å². The van der Waals surface area contributed by atoms with E-state index >= 15 is 0 Å². The Kier molecular flexibility index (Phi) is 141. The zero-order chi connectivity index (χ0) is 0. The molecule has 0 atom stereocenters. The third-order valence-corrected chi connectivity index (χ3v) is 0. The molecule has 0 bridgehead atoms. The van der Waals surface area contributed by atoms with Gasteiger partial charge in [-0.25, -0.2) is 0 Å². The summed E-state index contributed by atoms with van der Waals surface area (Å²) in [5, 5.41) is 0. The van der Waals surface area contributed by atoms with Crippen LogP contribution in [-0.2, 0) is 31.3 Å². The molecule has 10 valence electrons. The van der Waals surface area contributed by atoms with E-state index in [4.69, 9.17) is 0 Å². The van der Waals surface area contributed by atoms with Gasteiger partial charge in [-0.15, -0.1) is 0 Å². The van der Waals surface area contributed by atoms with Crippen LogP contribution in [0.5, 0.6) is 0 Å². The number of hydrogen-bond donors (Lipinski definition) is 0. The second kappa shape index (κ2) is 17.9. The fourth-order valence-corrected chi connectivity index (χ4v) is 0. The molecule has 2 radical (unpaired) electrons. The Labute approximate surface area is 79.3 Å². The molecule has 0 aliphatic carbocycles. The summed E-state index contributed by atoms with van der Waals surface area (Å²) in [5.74, 6) is 0. The number of rotatable bonds is 0. The molecule has 0 aliphatic heterocycles. The summed E-state index contributed by atoms with van der Waals surface area (Å²) in [4.78, 5) is 0. The van der Waals surface area contributed by atoms with Crippen LogP contribution in [0.1, 0.15) is 0 Å². The van der Waals surface area contributed by atoms with Crippen molar-refractivity contribution in [3.05, 3.63) is 0 Å². The minimum absolute atomic E-state index is 0. The number of hydrogen-bond acceptors (Lipinski definition) is 0. The maximum Gasteiger partial charge on any atom is 4.00 e. The predicted octanol–water partition coefficient (Wildman–Crippen LogP) is -0.883. The van der Waals surface area contributed by atoms with Gasteiger partial charge in [-0.3, -0.25) is 0 Å². The van der Waals surface area contributed by atoms with Crippen LogP contribution < -0.4 is 0 Å². The SMILES string of the molecule is [Bi+3].[Hf+4].[Mg+2].[O-2]. The van der Waals surface area contributed by atoms with Gasteiger partial charge < -0.3 is 5.48 Å². The van der Waals surface area contributed by atoms with Crippen molar-refractivity contribution in [2.24, 2.45) is 0 Å². The molecule has 0 spiro atoms. The molecule has 0 aromatic heterocycles. The molecule has 0 amide bonds. The summed E-state index contributed by atoms with van der Waals surface area (Å²) in [7, 11) is 0. The molecule has 0 unspecified atom stereocenters. The van der Waals surface area contributed by atoms with E-state index in [1.807, 2.05) is 0 Å². The molecule has 4 heavy (non-hydrogen) atoms. The van der Waals surface area contributed by atoms with Crippen molar-refractivity contribution in [2.75, 3.05) is 0 Å². The molecule has 0 fully saturated rings. The van der Waals surface area contributed by atoms with Gasteiger partial charge in [-0.05, 0) is 0 Å². The van der Waals surface area contributed by atoms with Crippen molar-refractivity contribution in [2.45, 2.75) is 0 Å². The van der Waals surface area contributed by atoms with Gasteiger partial charge in [-0.1, -0.05) is 0 Å². The fraction of sp³-hybridized carbons (Fsp3) is 0. The normalized spacial score (nSPS) is 0. The molecule has 0 rings (SSSR count). The van der Waals surface area contributed by atoms with Gasteiger partial charge >= 0.3 is 75.1 Å². The van der Waals surface area contributed by atoms with Crippen LogP contribution >= 0.6 is 0 Å². The molecular weight excluding hydrogens is 428 g/mol. The fourth-order valence-electron chi connectivity index (χ4n) is 0. The van der Waals surface area contributed by atoms with Gasteiger partial charge in [-0.2, -0.15) is 0 Å². The van der Waals surface area contributed by atoms with Gasteiger partial charge in [0.05, 0.1) is 0 Å². The third-order valence-electron chi connectivity index (χ3n) is 0. The van der Waals surface area contributed by atoms with Gasteiger partial charge in [0.2, 0.25) is 0 Å². The summed E-state index contributed by atoms with van der Waals surface area (Å²) < 4.78 is 0. The van der Waals surface area contributed by atoms with Crippen molar-refractivity contribution in [3.8, 4) is 0 Å². The van der Waals surface area contributed by atoms with Gasteiger partial charge in [0, 0.05) is 0 Å². The monoisotopic (exact) mass is 429 g/mol. The quantitative estimate of drug-likeness (QED) is 0.449. The Hall–Kier alpha value is 2.48. The summed E-state index contributed by atoms with van der Waals surface area (Å²) in [5.41, 5.74) is 0. The van der Waals surface area contributed by atoms with E-state index in [1.165, 1.54) is 0 Å². The zero-order valence-electron chi connectivity index (χ0n) is 2.06. The van der Waals surface area contributed by atoms with Gasteiger partial charge in [0.1, 0.15) is 0 Å². The van der Waals surface area contributed by atoms with E-state index in [0.29, 0.717) is 0 Å². The van der Waals surface area contributed by atoms with Crippen LogP contribution in [0.4, 0.5) is 0 Å². The second-order valence-corrected chi connectivity index (χ2v) is 0. The van der Waals surface area contributed by atoms with Crippen LogP contribution in [-0.4, -0.2) is 49.3 Å². The standard InChI is InChI=1S/Bi.Hf.Mg.O/q+3;+4;+2;-2. The predicted molar refractivity (Wildman–Crippen MR) is 12.2 cm³/mol. The first-order valence-electron chi connectivity index (χ1n) is 0. The van der Waals surface area contributed by atoms with Crippen molar-refractivity contribution < 1.29 is 31.3 Å². The molecule has 0 heterocycles.